The van der Waals surface area contributed by atoms with Crippen LogP contribution in [0.1, 0.15) is 83.1 Å². The molecule has 5 heteroatoms. The summed E-state index contributed by atoms with van der Waals surface area (Å²) >= 11 is 1.62. The van der Waals surface area contributed by atoms with Crippen molar-refractivity contribution in [1.82, 2.24) is 0 Å². The van der Waals surface area contributed by atoms with Gasteiger partial charge in [-0.3, -0.25) is 0 Å². The van der Waals surface area contributed by atoms with E-state index in [-0.39, 0.29) is 15.8 Å². The van der Waals surface area contributed by atoms with E-state index in [0.717, 1.165) is 0 Å². The summed E-state index contributed by atoms with van der Waals surface area (Å²) in [6.45, 7) is 37.3. The summed E-state index contributed by atoms with van der Waals surface area (Å²) in [6, 6.07) is 0. The van der Waals surface area contributed by atoms with Gasteiger partial charge in [0.1, 0.15) is 0 Å². The van der Waals surface area contributed by atoms with Gasteiger partial charge < -0.3 is 0 Å². The zero-order valence-electron chi connectivity index (χ0n) is 18.6. The van der Waals surface area contributed by atoms with Gasteiger partial charge in [-0.1, -0.05) is 98.9 Å². The van der Waals surface area contributed by atoms with E-state index in [4.69, 9.17) is 4.65 Å². The van der Waals surface area contributed by atoms with Crippen molar-refractivity contribution in [2.45, 2.75) is 104 Å². The fourth-order valence-corrected chi connectivity index (χ4v) is 6.04. The number of hydrogen-bond donors (Lipinski definition) is 0. The van der Waals surface area contributed by atoms with Crippen LogP contribution in [-0.4, -0.2) is 34.0 Å². The molecule has 0 aliphatic carbocycles. The summed E-state index contributed by atoms with van der Waals surface area (Å²) < 4.78 is 7.50. The SMILES string of the molecule is CP(C(C)(C)C)C(C)(C)C.CP(C(C)(C)C)C(C)(C)C.[C-]#[O+].[Cl][RuH]. The van der Waals surface area contributed by atoms with E-state index in [2.05, 4.69) is 113 Å². The van der Waals surface area contributed by atoms with Crippen molar-refractivity contribution in [3.63, 3.8) is 0 Å². The van der Waals surface area contributed by atoms with Gasteiger partial charge >= 0.3 is 38.3 Å². The van der Waals surface area contributed by atoms with E-state index in [0.29, 0.717) is 20.6 Å². The second-order valence-corrected chi connectivity index (χ2v) is 17.4. The number of rotatable bonds is 0. The third-order valence-corrected chi connectivity index (χ3v) is 12.1. The van der Waals surface area contributed by atoms with E-state index in [1.807, 2.05) is 0 Å². The molecule has 0 aromatic rings. The molecule has 0 saturated heterocycles. The van der Waals surface area contributed by atoms with Crippen molar-refractivity contribution in [3.8, 4) is 0 Å². The van der Waals surface area contributed by atoms with E-state index in [9.17, 15) is 0 Å². The average molecular weight is 486 g/mol. The molecule has 150 valence electrons. The standard InChI is InChI=1S/2C9H21P.CO.ClH.Ru.H/c2*1-8(2,3)10(7)9(4,5)6;1-2;;;/h2*1-7H3;;1H;;/q;;;;+1;/p-1. The Morgan fingerprint density at radius 2 is 0.625 bits per heavy atom. The second kappa shape index (κ2) is 13.6. The van der Waals surface area contributed by atoms with Gasteiger partial charge in [-0.15, -0.1) is 0 Å². The first-order chi connectivity index (χ1) is 10.3. The van der Waals surface area contributed by atoms with Gasteiger partial charge in [0.2, 0.25) is 0 Å². The Bertz CT molecular complexity index is 259. The molecule has 0 fully saturated rings. The summed E-state index contributed by atoms with van der Waals surface area (Å²) in [7, 11) is 4.88. The first kappa shape index (κ1) is 33.1. The van der Waals surface area contributed by atoms with Gasteiger partial charge in [-0.05, 0) is 34.0 Å². The average Bonchev–Trinajstić information content (AvgIpc) is 2.38. The van der Waals surface area contributed by atoms with Crippen LogP contribution in [0.5, 0.6) is 0 Å². The van der Waals surface area contributed by atoms with Gasteiger partial charge in [0.05, 0.1) is 0 Å². The molecule has 0 rings (SSSR count). The second-order valence-electron chi connectivity index (χ2n) is 9.80. The molecule has 0 radical (unpaired) electrons. The minimum atomic E-state index is 0.137. The Kier molecular flexibility index (Phi) is 18.8. The predicted molar refractivity (Wildman–Crippen MR) is 116 cm³/mol. The van der Waals surface area contributed by atoms with Crippen LogP contribution in [0.4, 0.5) is 0 Å². The molecule has 0 aliphatic heterocycles. The summed E-state index contributed by atoms with van der Waals surface area (Å²) in [5.41, 5.74) is 0. The Balaban J connectivity index is -0.000000138. The minimum absolute atomic E-state index is 0.137. The molecule has 0 aliphatic rings. The van der Waals surface area contributed by atoms with Crippen LogP contribution in [0.15, 0.2) is 0 Å². The van der Waals surface area contributed by atoms with Crippen LogP contribution in [0.3, 0.4) is 0 Å². The molecule has 24 heavy (non-hydrogen) atoms. The van der Waals surface area contributed by atoms with Crippen LogP contribution in [-0.2, 0) is 22.0 Å². The molecule has 0 spiro atoms. The van der Waals surface area contributed by atoms with Crippen molar-refractivity contribution in [2.75, 3.05) is 13.3 Å². The summed E-state index contributed by atoms with van der Waals surface area (Å²) in [6.07, 6.45) is 0. The van der Waals surface area contributed by atoms with Crippen molar-refractivity contribution in [1.29, 1.82) is 0 Å². The molecule has 0 N–H and O–H groups in total. The third kappa shape index (κ3) is 18.3. The molecule has 0 bridgehead atoms. The molecular weight excluding hydrogens is 443 g/mol. The molecule has 0 heterocycles. The quantitative estimate of drug-likeness (QED) is 0.144. The molecule has 0 atom stereocenters. The zero-order chi connectivity index (χ0) is 21.2. The third-order valence-electron chi connectivity index (χ3n) is 4.02. The van der Waals surface area contributed by atoms with Crippen molar-refractivity contribution >= 4 is 25.5 Å². The first-order valence-corrected chi connectivity index (χ1v) is 14.1. The first-order valence-electron chi connectivity index (χ1n) is 8.14. The van der Waals surface area contributed by atoms with Crippen molar-refractivity contribution in [3.05, 3.63) is 6.65 Å². The molecule has 1 nitrogen and oxygen atoms in total. The molecule has 0 aromatic heterocycles. The predicted octanol–water partition coefficient (Wildman–Crippen LogP) is 7.77. The Morgan fingerprint density at radius 1 is 0.542 bits per heavy atom. The molecular formula is C19H43ClOP2Ru. The van der Waals surface area contributed by atoms with Crippen LogP contribution in [0, 0.1) is 6.65 Å². The van der Waals surface area contributed by atoms with Crippen molar-refractivity contribution in [2.24, 2.45) is 0 Å². The van der Waals surface area contributed by atoms with E-state index in [1.54, 1.807) is 17.3 Å². The van der Waals surface area contributed by atoms with Crippen LogP contribution < -0.4 is 0 Å². The zero-order valence-corrected chi connectivity index (χ0v) is 23.0. The summed E-state index contributed by atoms with van der Waals surface area (Å²) in [5.74, 6) is 0. The monoisotopic (exact) mass is 486 g/mol. The number of hydrogen-bond acceptors (Lipinski definition) is 0. The maximum atomic E-state index is 7.50. The van der Waals surface area contributed by atoms with E-state index in [1.165, 1.54) is 0 Å². The van der Waals surface area contributed by atoms with Gasteiger partial charge in [-0.2, -0.15) is 0 Å². The molecule has 0 unspecified atom stereocenters. The van der Waals surface area contributed by atoms with Crippen molar-refractivity contribution < 1.29 is 22.0 Å². The summed E-state index contributed by atoms with van der Waals surface area (Å²) in [5, 5.41) is 2.03. The Hall–Kier alpha value is 1.51. The maximum absolute atomic E-state index is 7.50. The van der Waals surface area contributed by atoms with Gasteiger partial charge in [0.25, 0.3) is 0 Å². The van der Waals surface area contributed by atoms with Gasteiger partial charge in [0.15, 0.2) is 0 Å². The van der Waals surface area contributed by atoms with E-state index < -0.39 is 0 Å². The topological polar surface area (TPSA) is 19.9 Å². The van der Waals surface area contributed by atoms with Crippen LogP contribution in [0.2, 0.25) is 0 Å². The van der Waals surface area contributed by atoms with Crippen LogP contribution in [0.25, 0.3) is 0 Å². The fraction of sp³-hybridized carbons (Fsp3) is 0.947. The Morgan fingerprint density at radius 3 is 0.625 bits per heavy atom. The van der Waals surface area contributed by atoms with E-state index >= 15 is 0 Å². The Labute approximate surface area is 170 Å². The molecule has 0 aromatic carbocycles. The van der Waals surface area contributed by atoms with Gasteiger partial charge in [-0.25, -0.2) is 0 Å². The summed E-state index contributed by atoms with van der Waals surface area (Å²) in [4.78, 5) is 0. The van der Waals surface area contributed by atoms with Gasteiger partial charge in [0, 0.05) is 0 Å². The fourth-order valence-electron chi connectivity index (χ4n) is 2.01. The van der Waals surface area contributed by atoms with Crippen LogP contribution >= 0.6 is 25.5 Å². The molecule has 0 saturated carbocycles. The molecule has 0 amide bonds. The number of halogens is 1. The normalized spacial score (nSPS) is 12.4.